The maximum absolute atomic E-state index is 6.44. The van der Waals surface area contributed by atoms with E-state index in [9.17, 15) is 0 Å². The molecule has 0 aliphatic carbocycles. The van der Waals surface area contributed by atoms with Crippen molar-refractivity contribution in [1.82, 2.24) is 0 Å². The minimum atomic E-state index is 0.287. The summed E-state index contributed by atoms with van der Waals surface area (Å²) in [6, 6.07) is 0. The van der Waals surface area contributed by atoms with Crippen LogP contribution in [0.5, 0.6) is 0 Å². The second-order valence-corrected chi connectivity index (χ2v) is 17.4. The molecule has 3 heteroatoms. The zero-order valence-corrected chi connectivity index (χ0v) is 36.7. The third-order valence-electron chi connectivity index (χ3n) is 10.7. The molecule has 310 valence electrons. The van der Waals surface area contributed by atoms with Crippen LogP contribution in [0.1, 0.15) is 239 Å². The molecular formula is C49H98NO2+. The molecule has 0 spiro atoms. The summed E-state index contributed by atoms with van der Waals surface area (Å²) in [6.45, 7) is 8.49. The van der Waals surface area contributed by atoms with E-state index < -0.39 is 0 Å². The van der Waals surface area contributed by atoms with E-state index in [2.05, 4.69) is 59.3 Å². The van der Waals surface area contributed by atoms with Gasteiger partial charge in [-0.1, -0.05) is 179 Å². The fourth-order valence-corrected chi connectivity index (χ4v) is 7.15. The minimum Gasteiger partial charge on any atom is -0.379 e. The van der Waals surface area contributed by atoms with Gasteiger partial charge < -0.3 is 14.0 Å². The summed E-state index contributed by atoms with van der Waals surface area (Å²) in [5.74, 6) is 0. The Balaban J connectivity index is 3.96. The Morgan fingerprint density at radius 2 is 0.731 bits per heavy atom. The number of unbranched alkanes of at least 4 members (excludes halogenated alkanes) is 29. The van der Waals surface area contributed by atoms with Crippen LogP contribution in [-0.2, 0) is 9.47 Å². The summed E-state index contributed by atoms with van der Waals surface area (Å²) in [4.78, 5) is 0. The predicted molar refractivity (Wildman–Crippen MR) is 235 cm³/mol. The van der Waals surface area contributed by atoms with E-state index in [4.69, 9.17) is 9.47 Å². The number of hydrogen-bond acceptors (Lipinski definition) is 2. The van der Waals surface area contributed by atoms with Crippen molar-refractivity contribution in [2.45, 2.75) is 245 Å². The first-order chi connectivity index (χ1) is 25.5. The molecule has 0 amide bonds. The van der Waals surface area contributed by atoms with Gasteiger partial charge >= 0.3 is 0 Å². The lowest BCUT2D eigenvalue weighted by Gasteiger charge is -2.23. The summed E-state index contributed by atoms with van der Waals surface area (Å²) in [5, 5.41) is 0. The second-order valence-electron chi connectivity index (χ2n) is 17.4. The fraction of sp³-hybridized carbons (Fsp3) is 0.918. The SMILES string of the molecule is CCCCCCCCC=CCCCCCCCCOC[C@@H](CCCCCCCC[N+](C)(C)C)OCCCCCCCCC=CCCCCCCCC. The van der Waals surface area contributed by atoms with E-state index in [-0.39, 0.29) is 6.10 Å². The van der Waals surface area contributed by atoms with Crippen molar-refractivity contribution in [3.8, 4) is 0 Å². The highest BCUT2D eigenvalue weighted by Crippen LogP contribution is 2.15. The van der Waals surface area contributed by atoms with Gasteiger partial charge in [0.05, 0.1) is 40.4 Å². The van der Waals surface area contributed by atoms with Gasteiger partial charge in [0.2, 0.25) is 0 Å². The third kappa shape index (κ3) is 45.5. The van der Waals surface area contributed by atoms with Crippen molar-refractivity contribution in [1.29, 1.82) is 0 Å². The number of ether oxygens (including phenoxy) is 2. The molecule has 0 aromatic carbocycles. The Bertz CT molecular complexity index is 711. The lowest BCUT2D eigenvalue weighted by Crippen LogP contribution is -2.35. The minimum absolute atomic E-state index is 0.287. The Morgan fingerprint density at radius 1 is 0.385 bits per heavy atom. The van der Waals surface area contributed by atoms with Crippen molar-refractivity contribution in [2.75, 3.05) is 47.5 Å². The summed E-state index contributed by atoms with van der Waals surface area (Å²) >= 11 is 0. The highest BCUT2D eigenvalue weighted by Gasteiger charge is 2.10. The number of allylic oxidation sites excluding steroid dienone is 4. The molecule has 0 saturated carbocycles. The van der Waals surface area contributed by atoms with Crippen molar-refractivity contribution >= 4 is 0 Å². The first kappa shape index (κ1) is 51.4. The largest absolute Gasteiger partial charge is 0.379 e. The Hall–Kier alpha value is -0.640. The first-order valence-corrected chi connectivity index (χ1v) is 23.8. The van der Waals surface area contributed by atoms with Crippen molar-refractivity contribution in [3.63, 3.8) is 0 Å². The van der Waals surface area contributed by atoms with Gasteiger partial charge in [-0.25, -0.2) is 0 Å². The number of hydrogen-bond donors (Lipinski definition) is 0. The van der Waals surface area contributed by atoms with Gasteiger partial charge in [-0.15, -0.1) is 0 Å². The van der Waals surface area contributed by atoms with Crippen LogP contribution >= 0.6 is 0 Å². The molecule has 0 unspecified atom stereocenters. The highest BCUT2D eigenvalue weighted by molar-refractivity contribution is 4.82. The monoisotopic (exact) mass is 733 g/mol. The molecule has 3 nitrogen and oxygen atoms in total. The quantitative estimate of drug-likeness (QED) is 0.0353. The Kier molecular flexibility index (Phi) is 42.6. The lowest BCUT2D eigenvalue weighted by molar-refractivity contribution is -0.870. The molecule has 0 rings (SSSR count). The molecule has 0 bridgehead atoms. The highest BCUT2D eigenvalue weighted by atomic mass is 16.5. The molecule has 0 fully saturated rings. The normalized spacial score (nSPS) is 12.9. The van der Waals surface area contributed by atoms with E-state index in [1.165, 1.54) is 231 Å². The van der Waals surface area contributed by atoms with Crippen LogP contribution in [0.3, 0.4) is 0 Å². The second kappa shape index (κ2) is 43.1. The lowest BCUT2D eigenvalue weighted by atomic mass is 10.1. The molecule has 0 aromatic heterocycles. The van der Waals surface area contributed by atoms with Crippen LogP contribution in [0.25, 0.3) is 0 Å². The maximum Gasteiger partial charge on any atom is 0.0808 e. The van der Waals surface area contributed by atoms with Gasteiger partial charge in [0.25, 0.3) is 0 Å². The molecule has 0 aromatic rings. The molecule has 52 heavy (non-hydrogen) atoms. The molecule has 0 heterocycles. The van der Waals surface area contributed by atoms with Crippen LogP contribution in [-0.4, -0.2) is 58.1 Å². The zero-order valence-electron chi connectivity index (χ0n) is 36.7. The van der Waals surface area contributed by atoms with Crippen molar-refractivity contribution in [3.05, 3.63) is 24.3 Å². The third-order valence-corrected chi connectivity index (χ3v) is 10.7. The molecule has 0 aliphatic rings. The van der Waals surface area contributed by atoms with Crippen molar-refractivity contribution in [2.24, 2.45) is 0 Å². The van der Waals surface area contributed by atoms with Crippen LogP contribution in [0.15, 0.2) is 24.3 Å². The van der Waals surface area contributed by atoms with Gasteiger partial charge in [0.15, 0.2) is 0 Å². The van der Waals surface area contributed by atoms with Gasteiger partial charge in [0.1, 0.15) is 0 Å². The van der Waals surface area contributed by atoms with Gasteiger partial charge in [-0.05, 0) is 83.5 Å². The standard InChI is InChI=1S/C49H98NO2/c1-6-8-10-12-14-16-18-20-22-24-26-28-30-34-38-42-46-51-48-49(44-40-36-32-33-37-41-45-50(3,4)5)52-47-43-39-35-31-29-27-25-23-21-19-17-15-13-11-9-7-2/h20-23,49H,6-19,24-48H2,1-5H3/q+1/t49-/m1/s1. The summed E-state index contributed by atoms with van der Waals surface area (Å²) in [7, 11) is 6.91. The number of quaternary nitrogens is 1. The fourth-order valence-electron chi connectivity index (χ4n) is 7.15. The molecule has 0 N–H and O–H groups in total. The smallest absolute Gasteiger partial charge is 0.0808 e. The van der Waals surface area contributed by atoms with E-state index in [0.29, 0.717) is 0 Å². The van der Waals surface area contributed by atoms with E-state index in [1.807, 2.05) is 0 Å². The topological polar surface area (TPSA) is 18.5 Å². The average molecular weight is 733 g/mol. The summed E-state index contributed by atoms with van der Waals surface area (Å²) < 4.78 is 13.7. The van der Waals surface area contributed by atoms with Crippen LogP contribution < -0.4 is 0 Å². The number of nitrogens with zero attached hydrogens (tertiary/aromatic N) is 1. The Morgan fingerprint density at radius 3 is 1.15 bits per heavy atom. The van der Waals surface area contributed by atoms with Gasteiger partial charge in [-0.3, -0.25) is 0 Å². The number of rotatable bonds is 44. The maximum atomic E-state index is 6.44. The zero-order chi connectivity index (χ0) is 37.9. The molecule has 0 aliphatic heterocycles. The molecule has 0 radical (unpaired) electrons. The van der Waals surface area contributed by atoms with Gasteiger partial charge in [-0.2, -0.15) is 0 Å². The Labute approximate surface area is 329 Å². The average Bonchev–Trinajstić information content (AvgIpc) is 3.12. The van der Waals surface area contributed by atoms with E-state index >= 15 is 0 Å². The molecular weight excluding hydrogens is 635 g/mol. The first-order valence-electron chi connectivity index (χ1n) is 23.8. The van der Waals surface area contributed by atoms with Crippen LogP contribution in [0.2, 0.25) is 0 Å². The predicted octanol–water partition coefficient (Wildman–Crippen LogP) is 15.9. The summed E-state index contributed by atoms with van der Waals surface area (Å²) in [5.41, 5.74) is 0. The van der Waals surface area contributed by atoms with Gasteiger partial charge in [0, 0.05) is 13.2 Å². The molecule has 1 atom stereocenters. The van der Waals surface area contributed by atoms with Crippen molar-refractivity contribution < 1.29 is 14.0 Å². The van der Waals surface area contributed by atoms with Crippen LogP contribution in [0, 0.1) is 0 Å². The molecule has 0 saturated heterocycles. The summed E-state index contributed by atoms with van der Waals surface area (Å²) in [6.07, 6.45) is 57.2. The van der Waals surface area contributed by atoms with E-state index in [1.54, 1.807) is 0 Å². The van der Waals surface area contributed by atoms with E-state index in [0.717, 1.165) is 24.3 Å². The van der Waals surface area contributed by atoms with Crippen LogP contribution in [0.4, 0.5) is 0 Å².